The van der Waals surface area contributed by atoms with E-state index in [1.807, 2.05) is 29.1 Å². The van der Waals surface area contributed by atoms with Crippen LogP contribution in [0, 0.1) is 0 Å². The van der Waals surface area contributed by atoms with Crippen molar-refractivity contribution in [3.63, 3.8) is 0 Å². The number of anilines is 1. The molecule has 2 aromatic rings. The second-order valence-electron chi connectivity index (χ2n) is 4.10. The number of thiocarbonyl (C=S) groups is 1. The molecule has 1 heterocycles. The molecule has 1 aromatic heterocycles. The highest BCUT2D eigenvalue weighted by Crippen LogP contribution is 2.21. The minimum atomic E-state index is 0.367. The summed E-state index contributed by atoms with van der Waals surface area (Å²) in [5.41, 5.74) is 7.37. The summed E-state index contributed by atoms with van der Waals surface area (Å²) in [6.07, 6.45) is 4.67. The largest absolute Gasteiger partial charge is 0.389 e. The molecule has 0 bridgehead atoms. The molecule has 0 aliphatic carbocycles. The van der Waals surface area contributed by atoms with E-state index in [4.69, 9.17) is 29.6 Å². The fourth-order valence-electron chi connectivity index (χ4n) is 1.77. The van der Waals surface area contributed by atoms with E-state index in [1.165, 1.54) is 0 Å². The Labute approximate surface area is 122 Å². The first-order valence-electron chi connectivity index (χ1n) is 5.97. The Morgan fingerprint density at radius 1 is 1.47 bits per heavy atom. The van der Waals surface area contributed by atoms with Crippen LogP contribution in [-0.2, 0) is 6.54 Å². The van der Waals surface area contributed by atoms with E-state index < -0.39 is 0 Å². The predicted octanol–water partition coefficient (Wildman–Crippen LogP) is 2.67. The van der Waals surface area contributed by atoms with Gasteiger partial charge >= 0.3 is 0 Å². The molecule has 6 heteroatoms. The lowest BCUT2D eigenvalue weighted by molar-refractivity contribution is 0.592. The number of aromatic nitrogens is 2. The molecule has 3 N–H and O–H groups in total. The standard InChI is InChI=1S/C13H15ClN4S/c14-10-3-4-11(13(15)19)12(9-10)16-5-1-7-18-8-2-6-17-18/h2-4,6,8-9,16H,1,5,7H2,(H2,15,19). The van der Waals surface area contributed by atoms with Crippen molar-refractivity contribution in [3.05, 3.63) is 47.2 Å². The third-order valence-electron chi connectivity index (χ3n) is 2.69. The average Bonchev–Trinajstić information content (AvgIpc) is 2.87. The molecule has 100 valence electrons. The number of aryl methyl sites for hydroxylation is 1. The molecule has 0 atom stereocenters. The maximum Gasteiger partial charge on any atom is 0.106 e. The molecule has 0 spiro atoms. The second kappa shape index (κ2) is 6.54. The number of hydrogen-bond donors (Lipinski definition) is 2. The van der Waals surface area contributed by atoms with Gasteiger partial charge in [-0.1, -0.05) is 23.8 Å². The summed E-state index contributed by atoms with van der Waals surface area (Å²) in [6, 6.07) is 7.37. The summed E-state index contributed by atoms with van der Waals surface area (Å²) < 4.78 is 1.90. The van der Waals surface area contributed by atoms with Crippen molar-refractivity contribution in [2.45, 2.75) is 13.0 Å². The van der Waals surface area contributed by atoms with Gasteiger partial charge in [-0.2, -0.15) is 5.10 Å². The zero-order valence-corrected chi connectivity index (χ0v) is 11.9. The van der Waals surface area contributed by atoms with Crippen molar-refractivity contribution < 1.29 is 0 Å². The van der Waals surface area contributed by atoms with Crippen LogP contribution < -0.4 is 11.1 Å². The van der Waals surface area contributed by atoms with Crippen molar-refractivity contribution in [2.24, 2.45) is 5.73 Å². The van der Waals surface area contributed by atoms with Crippen LogP contribution in [-0.4, -0.2) is 21.3 Å². The number of nitrogens with one attached hydrogen (secondary N) is 1. The van der Waals surface area contributed by atoms with E-state index in [9.17, 15) is 0 Å². The topological polar surface area (TPSA) is 55.9 Å². The van der Waals surface area contributed by atoms with Crippen LogP contribution in [0.5, 0.6) is 0 Å². The molecule has 0 saturated carbocycles. The van der Waals surface area contributed by atoms with Gasteiger partial charge in [0.25, 0.3) is 0 Å². The number of hydrogen-bond acceptors (Lipinski definition) is 3. The lowest BCUT2D eigenvalue weighted by atomic mass is 10.1. The molecule has 0 aliphatic rings. The molecule has 0 aliphatic heterocycles. The third kappa shape index (κ3) is 3.94. The highest BCUT2D eigenvalue weighted by molar-refractivity contribution is 7.80. The second-order valence-corrected chi connectivity index (χ2v) is 4.98. The number of nitrogens with two attached hydrogens (primary N) is 1. The fourth-order valence-corrected chi connectivity index (χ4v) is 2.12. The first-order valence-corrected chi connectivity index (χ1v) is 6.76. The maximum absolute atomic E-state index is 5.98. The fraction of sp³-hybridized carbons (Fsp3) is 0.231. The lowest BCUT2D eigenvalue weighted by Crippen LogP contribution is -2.14. The molecule has 2 rings (SSSR count). The van der Waals surface area contributed by atoms with Gasteiger partial charge < -0.3 is 11.1 Å². The first kappa shape index (κ1) is 13.8. The van der Waals surface area contributed by atoms with Crippen LogP contribution in [0.15, 0.2) is 36.7 Å². The maximum atomic E-state index is 5.98. The van der Waals surface area contributed by atoms with Gasteiger partial charge in [0.05, 0.1) is 0 Å². The summed E-state index contributed by atoms with van der Waals surface area (Å²) >= 11 is 11.0. The van der Waals surface area contributed by atoms with Crippen LogP contribution in [0.25, 0.3) is 0 Å². The van der Waals surface area contributed by atoms with E-state index in [-0.39, 0.29) is 0 Å². The van der Waals surface area contributed by atoms with Crippen molar-refractivity contribution in [1.82, 2.24) is 9.78 Å². The zero-order valence-electron chi connectivity index (χ0n) is 10.3. The normalized spacial score (nSPS) is 10.4. The Morgan fingerprint density at radius 3 is 3.00 bits per heavy atom. The monoisotopic (exact) mass is 294 g/mol. The third-order valence-corrected chi connectivity index (χ3v) is 3.14. The lowest BCUT2D eigenvalue weighted by Gasteiger charge is -2.11. The van der Waals surface area contributed by atoms with Crippen molar-refractivity contribution in [1.29, 1.82) is 0 Å². The molecule has 0 radical (unpaired) electrons. The van der Waals surface area contributed by atoms with Gasteiger partial charge in [-0.05, 0) is 30.7 Å². The summed E-state index contributed by atoms with van der Waals surface area (Å²) in [5.74, 6) is 0. The summed E-state index contributed by atoms with van der Waals surface area (Å²) in [6.45, 7) is 1.67. The van der Waals surface area contributed by atoms with Gasteiger partial charge in [-0.25, -0.2) is 0 Å². The molecule has 0 unspecified atom stereocenters. The minimum Gasteiger partial charge on any atom is -0.389 e. The summed E-state index contributed by atoms with van der Waals surface area (Å²) in [5, 5.41) is 8.11. The Bertz CT molecular complexity index is 554. The number of rotatable bonds is 6. The molecule has 19 heavy (non-hydrogen) atoms. The smallest absolute Gasteiger partial charge is 0.106 e. The molecular weight excluding hydrogens is 280 g/mol. The van der Waals surface area contributed by atoms with Crippen molar-refractivity contribution >= 4 is 34.5 Å². The first-order chi connectivity index (χ1) is 9.16. The van der Waals surface area contributed by atoms with Gasteiger partial charge in [0.1, 0.15) is 4.99 Å². The van der Waals surface area contributed by atoms with E-state index in [0.717, 1.165) is 30.8 Å². The number of halogens is 1. The van der Waals surface area contributed by atoms with Crippen molar-refractivity contribution in [3.8, 4) is 0 Å². The van der Waals surface area contributed by atoms with Crippen LogP contribution in [0.2, 0.25) is 5.02 Å². The summed E-state index contributed by atoms with van der Waals surface area (Å²) in [7, 11) is 0. The molecule has 1 aromatic carbocycles. The van der Waals surface area contributed by atoms with Crippen LogP contribution >= 0.6 is 23.8 Å². The van der Waals surface area contributed by atoms with Gasteiger partial charge in [0.15, 0.2) is 0 Å². The van der Waals surface area contributed by atoms with Crippen molar-refractivity contribution in [2.75, 3.05) is 11.9 Å². The van der Waals surface area contributed by atoms with E-state index in [1.54, 1.807) is 12.3 Å². The van der Waals surface area contributed by atoms with Crippen LogP contribution in [0.4, 0.5) is 5.69 Å². The zero-order chi connectivity index (χ0) is 13.7. The molecule has 4 nitrogen and oxygen atoms in total. The quantitative estimate of drug-likeness (QED) is 0.635. The molecule has 0 fully saturated rings. The SMILES string of the molecule is NC(=S)c1ccc(Cl)cc1NCCCn1cccn1. The van der Waals surface area contributed by atoms with Gasteiger partial charge in [-0.15, -0.1) is 0 Å². The highest BCUT2D eigenvalue weighted by Gasteiger charge is 2.05. The molecule has 0 amide bonds. The highest BCUT2D eigenvalue weighted by atomic mass is 35.5. The van der Waals surface area contributed by atoms with E-state index in [2.05, 4.69) is 10.4 Å². The van der Waals surface area contributed by atoms with Gasteiger partial charge in [0, 0.05) is 41.8 Å². The van der Waals surface area contributed by atoms with Crippen LogP contribution in [0.3, 0.4) is 0 Å². The Balaban J connectivity index is 1.91. The predicted molar refractivity (Wildman–Crippen MR) is 82.7 cm³/mol. The van der Waals surface area contributed by atoms with Gasteiger partial charge in [0.2, 0.25) is 0 Å². The van der Waals surface area contributed by atoms with Crippen LogP contribution in [0.1, 0.15) is 12.0 Å². The van der Waals surface area contributed by atoms with E-state index in [0.29, 0.717) is 10.0 Å². The number of benzene rings is 1. The average molecular weight is 295 g/mol. The Hall–Kier alpha value is -1.59. The Morgan fingerprint density at radius 2 is 2.32 bits per heavy atom. The summed E-state index contributed by atoms with van der Waals surface area (Å²) in [4.78, 5) is 0.367. The number of nitrogens with zero attached hydrogens (tertiary/aromatic N) is 2. The minimum absolute atomic E-state index is 0.367. The van der Waals surface area contributed by atoms with Gasteiger partial charge in [-0.3, -0.25) is 4.68 Å². The molecular formula is C13H15ClN4S. The Kier molecular flexibility index (Phi) is 4.76. The van der Waals surface area contributed by atoms with E-state index >= 15 is 0 Å². The molecule has 0 saturated heterocycles.